The molecule has 1 aromatic heterocycles. The minimum Gasteiger partial charge on any atom is -0.353 e. The van der Waals surface area contributed by atoms with Crippen molar-refractivity contribution >= 4 is 5.82 Å². The van der Waals surface area contributed by atoms with Crippen molar-refractivity contribution < 1.29 is 4.39 Å². The largest absolute Gasteiger partial charge is 0.353 e. The van der Waals surface area contributed by atoms with Crippen LogP contribution < -0.4 is 10.2 Å². The quantitative estimate of drug-likeness (QED) is 0.871. The van der Waals surface area contributed by atoms with E-state index < -0.39 is 0 Å². The molecule has 1 aromatic rings. The second kappa shape index (κ2) is 4.19. The Morgan fingerprint density at radius 1 is 1.39 bits per heavy atom. The lowest BCUT2D eigenvalue weighted by Crippen LogP contribution is -2.52. The predicted octanol–water partition coefficient (Wildman–Crippen LogP) is 2.29. The fourth-order valence-corrected chi connectivity index (χ4v) is 2.60. The van der Waals surface area contributed by atoms with Gasteiger partial charge in [0, 0.05) is 36.9 Å². The molecule has 1 N–H and O–H groups in total. The second-order valence-corrected chi connectivity index (χ2v) is 5.85. The summed E-state index contributed by atoms with van der Waals surface area (Å²) in [5.74, 6) is 0.885. The molecule has 98 valence electrons. The van der Waals surface area contributed by atoms with Crippen molar-refractivity contribution in [2.75, 3.05) is 24.5 Å². The van der Waals surface area contributed by atoms with Crippen LogP contribution in [0.1, 0.15) is 38.3 Å². The van der Waals surface area contributed by atoms with Crippen LogP contribution >= 0.6 is 0 Å². The maximum Gasteiger partial charge on any atom is 0.131 e. The van der Waals surface area contributed by atoms with Crippen LogP contribution in [0.3, 0.4) is 0 Å². The normalized spacial score (nSPS) is 21.7. The first kappa shape index (κ1) is 11.9. The maximum absolute atomic E-state index is 13.7. The van der Waals surface area contributed by atoms with Gasteiger partial charge in [-0.25, -0.2) is 9.37 Å². The summed E-state index contributed by atoms with van der Waals surface area (Å²) in [6.45, 7) is 6.93. The highest BCUT2D eigenvalue weighted by Crippen LogP contribution is 2.38. The van der Waals surface area contributed by atoms with Crippen molar-refractivity contribution in [3.63, 3.8) is 0 Å². The predicted molar refractivity (Wildman–Crippen MR) is 70.5 cm³/mol. The Kier molecular flexibility index (Phi) is 2.77. The number of piperazine rings is 1. The van der Waals surface area contributed by atoms with Crippen molar-refractivity contribution in [3.05, 3.63) is 23.6 Å². The monoisotopic (exact) mass is 249 g/mol. The van der Waals surface area contributed by atoms with Crippen molar-refractivity contribution in [1.29, 1.82) is 0 Å². The highest BCUT2D eigenvalue weighted by atomic mass is 19.1. The Morgan fingerprint density at radius 3 is 2.83 bits per heavy atom. The molecular formula is C14H20FN3. The molecule has 2 aliphatic rings. The lowest BCUT2D eigenvalue weighted by molar-refractivity contribution is 0.439. The molecule has 1 aliphatic carbocycles. The van der Waals surface area contributed by atoms with Gasteiger partial charge in [0.2, 0.25) is 0 Å². The molecule has 1 aliphatic heterocycles. The number of pyridine rings is 1. The van der Waals surface area contributed by atoms with Crippen LogP contribution in [-0.2, 0) is 0 Å². The number of halogens is 1. The van der Waals surface area contributed by atoms with Crippen LogP contribution in [-0.4, -0.2) is 30.2 Å². The van der Waals surface area contributed by atoms with E-state index in [-0.39, 0.29) is 11.7 Å². The molecule has 1 spiro atoms. The third-order valence-electron chi connectivity index (χ3n) is 3.94. The Labute approximate surface area is 107 Å². The number of nitrogens with zero attached hydrogens (tertiary/aromatic N) is 2. The molecule has 3 nitrogen and oxygen atoms in total. The van der Waals surface area contributed by atoms with E-state index in [0.717, 1.165) is 31.1 Å². The summed E-state index contributed by atoms with van der Waals surface area (Å²) in [6, 6.07) is 3.11. The van der Waals surface area contributed by atoms with E-state index in [9.17, 15) is 4.39 Å². The molecular weight excluding hydrogens is 229 g/mol. The third kappa shape index (κ3) is 2.21. The average molecular weight is 249 g/mol. The molecule has 3 rings (SSSR count). The third-order valence-corrected chi connectivity index (χ3v) is 3.94. The van der Waals surface area contributed by atoms with Crippen LogP contribution in [0.4, 0.5) is 10.2 Å². The lowest BCUT2D eigenvalue weighted by Gasteiger charge is -2.35. The maximum atomic E-state index is 13.7. The number of anilines is 1. The summed E-state index contributed by atoms with van der Waals surface area (Å²) in [5, 5.41) is 3.56. The summed E-state index contributed by atoms with van der Waals surface area (Å²) < 4.78 is 13.7. The Hall–Kier alpha value is -1.16. The Morgan fingerprint density at radius 2 is 2.17 bits per heavy atom. The van der Waals surface area contributed by atoms with Gasteiger partial charge in [-0.1, -0.05) is 13.8 Å². The molecule has 1 saturated carbocycles. The van der Waals surface area contributed by atoms with Gasteiger partial charge in [0.15, 0.2) is 0 Å². The zero-order chi connectivity index (χ0) is 12.8. The molecule has 4 heteroatoms. The van der Waals surface area contributed by atoms with E-state index >= 15 is 0 Å². The van der Waals surface area contributed by atoms with Gasteiger partial charge >= 0.3 is 0 Å². The minimum absolute atomic E-state index is 0.174. The molecule has 0 amide bonds. The SMILES string of the molecule is CC(C)c1cc(F)cc(N2CCNC3(CC3)C2)n1. The highest BCUT2D eigenvalue weighted by molar-refractivity contribution is 5.42. The van der Waals surface area contributed by atoms with E-state index in [4.69, 9.17) is 0 Å². The van der Waals surface area contributed by atoms with Crippen molar-refractivity contribution in [1.82, 2.24) is 10.3 Å². The van der Waals surface area contributed by atoms with Crippen LogP contribution in [0.2, 0.25) is 0 Å². The Bertz CT molecular complexity index is 454. The van der Waals surface area contributed by atoms with Crippen LogP contribution in [0.5, 0.6) is 0 Å². The van der Waals surface area contributed by atoms with Crippen LogP contribution in [0, 0.1) is 5.82 Å². The van der Waals surface area contributed by atoms with Gasteiger partial charge < -0.3 is 10.2 Å². The van der Waals surface area contributed by atoms with Gasteiger partial charge in [0.25, 0.3) is 0 Å². The van der Waals surface area contributed by atoms with Crippen LogP contribution in [0.15, 0.2) is 12.1 Å². The summed E-state index contributed by atoms with van der Waals surface area (Å²) in [5.41, 5.74) is 1.14. The summed E-state index contributed by atoms with van der Waals surface area (Å²) >= 11 is 0. The average Bonchev–Trinajstić information content (AvgIpc) is 3.07. The van der Waals surface area contributed by atoms with Crippen molar-refractivity contribution in [2.45, 2.75) is 38.1 Å². The molecule has 2 heterocycles. The zero-order valence-electron chi connectivity index (χ0n) is 11.0. The summed E-state index contributed by atoms with van der Waals surface area (Å²) in [4.78, 5) is 6.83. The van der Waals surface area contributed by atoms with Gasteiger partial charge in [-0.15, -0.1) is 0 Å². The fraction of sp³-hybridized carbons (Fsp3) is 0.643. The summed E-state index contributed by atoms with van der Waals surface area (Å²) in [7, 11) is 0. The lowest BCUT2D eigenvalue weighted by atomic mass is 10.1. The molecule has 1 saturated heterocycles. The number of hydrogen-bond donors (Lipinski definition) is 1. The molecule has 0 atom stereocenters. The van der Waals surface area contributed by atoms with E-state index in [1.807, 2.05) is 13.8 Å². The van der Waals surface area contributed by atoms with Gasteiger partial charge in [-0.2, -0.15) is 0 Å². The molecule has 0 radical (unpaired) electrons. The van der Waals surface area contributed by atoms with Gasteiger partial charge in [-0.05, 0) is 24.8 Å². The number of aromatic nitrogens is 1. The first-order valence-corrected chi connectivity index (χ1v) is 6.75. The van der Waals surface area contributed by atoms with Crippen LogP contribution in [0.25, 0.3) is 0 Å². The number of hydrogen-bond acceptors (Lipinski definition) is 3. The highest BCUT2D eigenvalue weighted by Gasteiger charge is 2.45. The van der Waals surface area contributed by atoms with Crippen molar-refractivity contribution in [3.8, 4) is 0 Å². The fourth-order valence-electron chi connectivity index (χ4n) is 2.60. The first-order valence-electron chi connectivity index (χ1n) is 6.75. The van der Waals surface area contributed by atoms with E-state index in [2.05, 4.69) is 15.2 Å². The smallest absolute Gasteiger partial charge is 0.131 e. The molecule has 0 bridgehead atoms. The van der Waals surface area contributed by atoms with Gasteiger partial charge in [0.05, 0.1) is 0 Å². The van der Waals surface area contributed by atoms with E-state index in [1.54, 1.807) is 12.1 Å². The summed E-state index contributed by atoms with van der Waals surface area (Å²) in [6.07, 6.45) is 2.46. The zero-order valence-corrected chi connectivity index (χ0v) is 11.0. The first-order chi connectivity index (χ1) is 8.58. The van der Waals surface area contributed by atoms with E-state index in [0.29, 0.717) is 5.54 Å². The van der Waals surface area contributed by atoms with Crippen molar-refractivity contribution in [2.24, 2.45) is 0 Å². The molecule has 18 heavy (non-hydrogen) atoms. The second-order valence-electron chi connectivity index (χ2n) is 5.85. The standard InChI is InChI=1S/C14H20FN3/c1-10(2)12-7-11(15)8-13(17-12)18-6-5-16-14(9-18)3-4-14/h7-8,10,16H,3-6,9H2,1-2H3. The number of rotatable bonds is 2. The molecule has 2 fully saturated rings. The van der Waals surface area contributed by atoms with E-state index in [1.165, 1.54) is 12.8 Å². The van der Waals surface area contributed by atoms with Gasteiger partial charge in [-0.3, -0.25) is 0 Å². The Balaban J connectivity index is 1.86. The minimum atomic E-state index is -0.174. The molecule has 0 aromatic carbocycles. The topological polar surface area (TPSA) is 28.2 Å². The molecule has 0 unspecified atom stereocenters. The number of nitrogens with one attached hydrogen (secondary N) is 1. The van der Waals surface area contributed by atoms with Gasteiger partial charge in [0.1, 0.15) is 11.6 Å².